The third-order valence-corrected chi connectivity index (χ3v) is 3.27. The first-order chi connectivity index (χ1) is 7.81. The van der Waals surface area contributed by atoms with E-state index in [0.29, 0.717) is 0 Å². The van der Waals surface area contributed by atoms with Crippen LogP contribution in [0.5, 0.6) is 0 Å². The molecule has 4 heteroatoms. The minimum absolute atomic E-state index is 0.187. The summed E-state index contributed by atoms with van der Waals surface area (Å²) in [5.41, 5.74) is 1.04. The van der Waals surface area contributed by atoms with Gasteiger partial charge in [-0.2, -0.15) is 0 Å². The van der Waals surface area contributed by atoms with Crippen molar-refractivity contribution in [2.24, 2.45) is 0 Å². The lowest BCUT2D eigenvalue weighted by Crippen LogP contribution is -2.22. The number of thiophene rings is 1. The van der Waals surface area contributed by atoms with Crippen molar-refractivity contribution in [2.75, 3.05) is 6.54 Å². The Kier molecular flexibility index (Phi) is 3.64. The van der Waals surface area contributed by atoms with Crippen molar-refractivity contribution >= 4 is 11.3 Å². The Morgan fingerprint density at radius 1 is 1.44 bits per heavy atom. The van der Waals surface area contributed by atoms with Crippen LogP contribution in [0, 0.1) is 6.92 Å². The Morgan fingerprint density at radius 3 is 2.94 bits per heavy atom. The zero-order chi connectivity index (χ0) is 11.4. The van der Waals surface area contributed by atoms with Crippen LogP contribution in [0.25, 0.3) is 0 Å². The SMILES string of the molecule is CCNC(c1ccnc(C)n1)c1cccs1. The zero-order valence-corrected chi connectivity index (χ0v) is 10.3. The number of hydrogen-bond acceptors (Lipinski definition) is 4. The van der Waals surface area contributed by atoms with Crippen LogP contribution in [0.2, 0.25) is 0 Å². The number of rotatable bonds is 4. The maximum absolute atomic E-state index is 4.48. The molecule has 2 aromatic rings. The van der Waals surface area contributed by atoms with Gasteiger partial charge in [0.05, 0.1) is 11.7 Å². The maximum atomic E-state index is 4.48. The smallest absolute Gasteiger partial charge is 0.125 e. The van der Waals surface area contributed by atoms with Gasteiger partial charge >= 0.3 is 0 Å². The standard InChI is InChI=1S/C12H15N3S/c1-3-13-12(11-5-4-8-16-11)10-6-7-14-9(2)15-10/h4-8,12-13H,3H2,1-2H3. The van der Waals surface area contributed by atoms with Crippen molar-refractivity contribution in [1.82, 2.24) is 15.3 Å². The maximum Gasteiger partial charge on any atom is 0.125 e. The second-order valence-corrected chi connectivity index (χ2v) is 4.51. The predicted molar refractivity (Wildman–Crippen MR) is 66.6 cm³/mol. The largest absolute Gasteiger partial charge is 0.305 e. The fourth-order valence-electron chi connectivity index (χ4n) is 1.65. The molecule has 0 aliphatic heterocycles. The molecule has 2 rings (SSSR count). The molecule has 1 atom stereocenters. The zero-order valence-electron chi connectivity index (χ0n) is 9.47. The summed E-state index contributed by atoms with van der Waals surface area (Å²) in [5, 5.41) is 5.54. The molecule has 1 unspecified atom stereocenters. The van der Waals surface area contributed by atoms with Crippen LogP contribution in [0.15, 0.2) is 29.8 Å². The summed E-state index contributed by atoms with van der Waals surface area (Å²) in [7, 11) is 0. The van der Waals surface area contributed by atoms with E-state index in [4.69, 9.17) is 0 Å². The number of aromatic nitrogens is 2. The first-order valence-electron chi connectivity index (χ1n) is 5.37. The Hall–Kier alpha value is -1.26. The minimum Gasteiger partial charge on any atom is -0.305 e. The Labute approximate surface area is 99.6 Å². The van der Waals surface area contributed by atoms with Gasteiger partial charge < -0.3 is 5.32 Å². The van der Waals surface area contributed by atoms with E-state index in [1.165, 1.54) is 4.88 Å². The molecule has 0 aliphatic rings. The van der Waals surface area contributed by atoms with Crippen molar-refractivity contribution < 1.29 is 0 Å². The lowest BCUT2D eigenvalue weighted by Gasteiger charge is -2.15. The summed E-state index contributed by atoms with van der Waals surface area (Å²) in [4.78, 5) is 9.90. The monoisotopic (exact) mass is 233 g/mol. The highest BCUT2D eigenvalue weighted by Crippen LogP contribution is 2.24. The van der Waals surface area contributed by atoms with Gasteiger partial charge in [0.1, 0.15) is 5.82 Å². The highest BCUT2D eigenvalue weighted by Gasteiger charge is 2.15. The Morgan fingerprint density at radius 2 is 2.31 bits per heavy atom. The molecule has 0 spiro atoms. The van der Waals surface area contributed by atoms with Crippen molar-refractivity contribution in [3.63, 3.8) is 0 Å². The predicted octanol–water partition coefficient (Wildman–Crippen LogP) is 2.55. The molecule has 0 radical (unpaired) electrons. The van der Waals surface area contributed by atoms with Crippen molar-refractivity contribution in [3.8, 4) is 0 Å². The third kappa shape index (κ3) is 2.46. The van der Waals surface area contributed by atoms with Gasteiger partial charge in [0.25, 0.3) is 0 Å². The van der Waals surface area contributed by atoms with E-state index in [1.807, 2.05) is 19.2 Å². The molecule has 2 heterocycles. The average molecular weight is 233 g/mol. The van der Waals surface area contributed by atoms with Crippen LogP contribution in [0.4, 0.5) is 0 Å². The van der Waals surface area contributed by atoms with E-state index in [2.05, 4.69) is 39.7 Å². The molecule has 0 saturated heterocycles. The van der Waals surface area contributed by atoms with Gasteiger partial charge in [-0.3, -0.25) is 0 Å². The number of hydrogen-bond donors (Lipinski definition) is 1. The summed E-state index contributed by atoms with van der Waals surface area (Å²) in [6, 6.07) is 6.36. The quantitative estimate of drug-likeness (QED) is 0.882. The van der Waals surface area contributed by atoms with E-state index in [-0.39, 0.29) is 6.04 Å². The Balaban J connectivity index is 2.33. The summed E-state index contributed by atoms with van der Waals surface area (Å²) >= 11 is 1.75. The average Bonchev–Trinajstić information content (AvgIpc) is 2.79. The molecule has 0 aliphatic carbocycles. The first-order valence-corrected chi connectivity index (χ1v) is 6.25. The molecular weight excluding hydrogens is 218 g/mol. The summed E-state index contributed by atoms with van der Waals surface area (Å²) in [5.74, 6) is 0.817. The lowest BCUT2D eigenvalue weighted by molar-refractivity contribution is 0.620. The molecular formula is C12H15N3S. The molecule has 84 valence electrons. The molecule has 0 bridgehead atoms. The number of aryl methyl sites for hydroxylation is 1. The molecule has 3 nitrogen and oxygen atoms in total. The van der Waals surface area contributed by atoms with Crippen LogP contribution in [-0.2, 0) is 0 Å². The topological polar surface area (TPSA) is 37.8 Å². The van der Waals surface area contributed by atoms with Crippen LogP contribution in [0.3, 0.4) is 0 Å². The van der Waals surface area contributed by atoms with Gasteiger partial charge in [-0.1, -0.05) is 13.0 Å². The highest BCUT2D eigenvalue weighted by atomic mass is 32.1. The first kappa shape index (κ1) is 11.2. The van der Waals surface area contributed by atoms with E-state index >= 15 is 0 Å². The fraction of sp³-hybridized carbons (Fsp3) is 0.333. The van der Waals surface area contributed by atoms with E-state index in [1.54, 1.807) is 11.3 Å². The fourth-order valence-corrected chi connectivity index (χ4v) is 2.46. The van der Waals surface area contributed by atoms with Gasteiger partial charge in [0, 0.05) is 11.1 Å². The molecule has 0 aromatic carbocycles. The third-order valence-electron chi connectivity index (χ3n) is 2.33. The molecule has 2 aromatic heterocycles. The second-order valence-electron chi connectivity index (χ2n) is 3.53. The van der Waals surface area contributed by atoms with E-state index < -0.39 is 0 Å². The molecule has 0 saturated carbocycles. The van der Waals surface area contributed by atoms with Gasteiger partial charge in [0.2, 0.25) is 0 Å². The van der Waals surface area contributed by atoms with E-state index in [9.17, 15) is 0 Å². The Bertz CT molecular complexity index is 439. The summed E-state index contributed by atoms with van der Waals surface area (Å²) in [6.07, 6.45) is 1.82. The molecule has 0 fully saturated rings. The minimum atomic E-state index is 0.187. The van der Waals surface area contributed by atoms with Crippen LogP contribution < -0.4 is 5.32 Å². The van der Waals surface area contributed by atoms with Crippen molar-refractivity contribution in [3.05, 3.63) is 46.2 Å². The van der Waals surface area contributed by atoms with Crippen LogP contribution in [0.1, 0.15) is 29.4 Å². The highest BCUT2D eigenvalue weighted by molar-refractivity contribution is 7.10. The van der Waals surface area contributed by atoms with Gasteiger partial charge in [0.15, 0.2) is 0 Å². The second kappa shape index (κ2) is 5.18. The van der Waals surface area contributed by atoms with Crippen LogP contribution >= 0.6 is 11.3 Å². The van der Waals surface area contributed by atoms with Crippen molar-refractivity contribution in [2.45, 2.75) is 19.9 Å². The number of nitrogens with zero attached hydrogens (tertiary/aromatic N) is 2. The van der Waals surface area contributed by atoms with E-state index in [0.717, 1.165) is 18.1 Å². The van der Waals surface area contributed by atoms with Crippen LogP contribution in [-0.4, -0.2) is 16.5 Å². The van der Waals surface area contributed by atoms with Crippen molar-refractivity contribution in [1.29, 1.82) is 0 Å². The normalized spacial score (nSPS) is 12.6. The molecule has 1 N–H and O–H groups in total. The lowest BCUT2D eigenvalue weighted by atomic mass is 10.1. The van der Waals surface area contributed by atoms with Gasteiger partial charge in [-0.05, 0) is 31.0 Å². The van der Waals surface area contributed by atoms with Gasteiger partial charge in [-0.25, -0.2) is 9.97 Å². The molecule has 16 heavy (non-hydrogen) atoms. The number of nitrogens with one attached hydrogen (secondary N) is 1. The summed E-state index contributed by atoms with van der Waals surface area (Å²) in [6.45, 7) is 4.95. The summed E-state index contributed by atoms with van der Waals surface area (Å²) < 4.78 is 0. The van der Waals surface area contributed by atoms with Gasteiger partial charge in [-0.15, -0.1) is 11.3 Å². The molecule has 0 amide bonds.